The molecule has 4 rings (SSSR count). The third kappa shape index (κ3) is 2.76. The van der Waals surface area contributed by atoms with E-state index in [0.29, 0.717) is 0 Å². The summed E-state index contributed by atoms with van der Waals surface area (Å²) < 4.78 is 15.3. The first-order valence-corrected chi connectivity index (χ1v) is 9.38. The summed E-state index contributed by atoms with van der Waals surface area (Å²) in [4.78, 5) is 11.6. The number of benzene rings is 1. The molecule has 4 nitrogen and oxygen atoms in total. The van der Waals surface area contributed by atoms with Crippen LogP contribution in [-0.2, 0) is 6.42 Å². The van der Waals surface area contributed by atoms with Crippen molar-refractivity contribution < 1.29 is 4.39 Å². The van der Waals surface area contributed by atoms with Gasteiger partial charge in [0.2, 0.25) is 0 Å². The summed E-state index contributed by atoms with van der Waals surface area (Å²) in [5.41, 5.74) is 4.92. The molecule has 3 aromatic heterocycles. The Morgan fingerprint density at radius 2 is 1.92 bits per heavy atom. The fourth-order valence-corrected chi connectivity index (χ4v) is 3.89. The van der Waals surface area contributed by atoms with Crippen molar-refractivity contribution in [1.29, 1.82) is 0 Å². The van der Waals surface area contributed by atoms with Gasteiger partial charge in [0, 0.05) is 24.2 Å². The zero-order chi connectivity index (χ0) is 18.3. The summed E-state index contributed by atoms with van der Waals surface area (Å²) in [5, 5.41) is 2.88. The summed E-state index contributed by atoms with van der Waals surface area (Å²) in [5.74, 6) is 0.793. The average molecular weight is 366 g/mol. The van der Waals surface area contributed by atoms with E-state index in [1.165, 1.54) is 12.1 Å². The minimum absolute atomic E-state index is 0.241. The van der Waals surface area contributed by atoms with E-state index < -0.39 is 0 Å². The molecule has 6 heteroatoms. The number of hydrogen-bond acceptors (Lipinski definition) is 4. The van der Waals surface area contributed by atoms with Crippen LogP contribution < -0.4 is 4.90 Å². The molecule has 0 fully saturated rings. The maximum Gasteiger partial charge on any atom is 0.191 e. The molecule has 1 aromatic carbocycles. The second-order valence-electron chi connectivity index (χ2n) is 6.20. The highest BCUT2D eigenvalue weighted by Crippen LogP contribution is 2.33. The number of rotatable bonds is 4. The number of imidazole rings is 1. The van der Waals surface area contributed by atoms with Crippen LogP contribution in [0.15, 0.2) is 48.0 Å². The minimum atomic E-state index is -0.241. The summed E-state index contributed by atoms with van der Waals surface area (Å²) in [6.45, 7) is 4.18. The Morgan fingerprint density at radius 1 is 1.15 bits per heavy atom. The van der Waals surface area contributed by atoms with E-state index in [9.17, 15) is 4.39 Å². The van der Waals surface area contributed by atoms with Crippen molar-refractivity contribution >= 4 is 27.9 Å². The molecule has 0 bridgehead atoms. The van der Waals surface area contributed by atoms with Gasteiger partial charge in [-0.25, -0.2) is 14.4 Å². The van der Waals surface area contributed by atoms with Gasteiger partial charge < -0.3 is 4.90 Å². The van der Waals surface area contributed by atoms with Gasteiger partial charge in [0.25, 0.3) is 0 Å². The smallest absolute Gasteiger partial charge is 0.191 e. The highest BCUT2D eigenvalue weighted by molar-refractivity contribution is 7.14. The van der Waals surface area contributed by atoms with E-state index in [4.69, 9.17) is 9.97 Å². The molecule has 0 radical (unpaired) electrons. The molecule has 0 N–H and O–H groups in total. The van der Waals surface area contributed by atoms with Gasteiger partial charge in [-0.2, -0.15) is 0 Å². The molecule has 0 spiro atoms. The molecule has 0 saturated heterocycles. The van der Waals surface area contributed by atoms with Crippen LogP contribution in [0.2, 0.25) is 0 Å². The molecule has 0 aliphatic heterocycles. The quantitative estimate of drug-likeness (QED) is 0.495. The highest BCUT2D eigenvalue weighted by Gasteiger charge is 2.19. The van der Waals surface area contributed by atoms with Gasteiger partial charge in [0.05, 0.1) is 11.4 Å². The molecule has 132 valence electrons. The molecule has 0 amide bonds. The normalized spacial score (nSPS) is 11.2. The number of aromatic nitrogens is 3. The van der Waals surface area contributed by atoms with Crippen molar-refractivity contribution in [2.45, 2.75) is 20.3 Å². The van der Waals surface area contributed by atoms with Crippen LogP contribution in [0.4, 0.5) is 15.3 Å². The molecule has 0 atom stereocenters. The molecule has 4 aromatic rings. The van der Waals surface area contributed by atoms with Gasteiger partial charge in [0.1, 0.15) is 17.3 Å². The van der Waals surface area contributed by atoms with Crippen LogP contribution in [0.5, 0.6) is 0 Å². The number of halogens is 1. The Morgan fingerprint density at radius 3 is 2.65 bits per heavy atom. The summed E-state index contributed by atoms with van der Waals surface area (Å²) in [6.07, 6.45) is 2.88. The van der Waals surface area contributed by atoms with Crippen molar-refractivity contribution in [3.05, 3.63) is 65.0 Å². The number of aryl methyl sites for hydroxylation is 2. The monoisotopic (exact) mass is 366 g/mol. The van der Waals surface area contributed by atoms with Crippen molar-refractivity contribution in [2.75, 3.05) is 11.9 Å². The maximum absolute atomic E-state index is 13.2. The van der Waals surface area contributed by atoms with Crippen molar-refractivity contribution in [3.8, 4) is 11.3 Å². The maximum atomic E-state index is 13.2. The molecular weight excluding hydrogens is 347 g/mol. The second-order valence-corrected chi connectivity index (χ2v) is 7.04. The first-order valence-electron chi connectivity index (χ1n) is 8.50. The third-order valence-corrected chi connectivity index (χ3v) is 5.38. The fraction of sp³-hybridized carbons (Fsp3) is 0.200. The highest BCUT2D eigenvalue weighted by atomic mass is 32.1. The van der Waals surface area contributed by atoms with E-state index >= 15 is 0 Å². The van der Waals surface area contributed by atoms with Gasteiger partial charge in [-0.05, 0) is 49.2 Å². The van der Waals surface area contributed by atoms with Crippen molar-refractivity contribution in [2.24, 2.45) is 0 Å². The largest absolute Gasteiger partial charge is 0.305 e. The number of pyridine rings is 1. The number of anilines is 2. The molecule has 26 heavy (non-hydrogen) atoms. The Labute approximate surface area is 155 Å². The number of fused-ring (bicyclic) bond motifs is 1. The van der Waals surface area contributed by atoms with Crippen LogP contribution in [0.1, 0.15) is 18.2 Å². The molecule has 0 unspecified atom stereocenters. The van der Waals surface area contributed by atoms with E-state index in [-0.39, 0.29) is 5.82 Å². The Kier molecular flexibility index (Phi) is 4.20. The lowest BCUT2D eigenvalue weighted by Gasteiger charge is -2.17. The SMILES string of the molecule is CCc1nc2c(C)cccn2c1N(C)c1nc(-c2ccc(F)cc2)cs1. The molecule has 3 heterocycles. The van der Waals surface area contributed by atoms with Crippen LogP contribution >= 0.6 is 11.3 Å². The Balaban J connectivity index is 1.77. The van der Waals surface area contributed by atoms with Crippen molar-refractivity contribution in [3.63, 3.8) is 0 Å². The third-order valence-electron chi connectivity index (χ3n) is 4.46. The van der Waals surface area contributed by atoms with Gasteiger partial charge in [-0.1, -0.05) is 13.0 Å². The first kappa shape index (κ1) is 16.7. The van der Waals surface area contributed by atoms with Gasteiger partial charge >= 0.3 is 0 Å². The predicted octanol–water partition coefficient (Wildman–Crippen LogP) is 5.24. The van der Waals surface area contributed by atoms with Crippen LogP contribution in [0.25, 0.3) is 16.9 Å². The summed E-state index contributed by atoms with van der Waals surface area (Å²) >= 11 is 1.57. The molecular formula is C20H19FN4S. The number of thiazole rings is 1. The number of nitrogens with zero attached hydrogens (tertiary/aromatic N) is 4. The van der Waals surface area contributed by atoms with Crippen LogP contribution in [-0.4, -0.2) is 21.4 Å². The minimum Gasteiger partial charge on any atom is -0.305 e. The van der Waals surface area contributed by atoms with Crippen LogP contribution in [0, 0.1) is 12.7 Å². The average Bonchev–Trinajstić information content (AvgIpc) is 3.27. The zero-order valence-corrected chi connectivity index (χ0v) is 15.7. The second kappa shape index (κ2) is 6.53. The lowest BCUT2D eigenvalue weighted by Crippen LogP contribution is -2.13. The lowest BCUT2D eigenvalue weighted by atomic mass is 10.2. The van der Waals surface area contributed by atoms with E-state index in [1.54, 1.807) is 23.5 Å². The Bertz CT molecular complexity index is 1070. The fourth-order valence-electron chi connectivity index (χ4n) is 3.09. The van der Waals surface area contributed by atoms with Gasteiger partial charge in [0.15, 0.2) is 5.13 Å². The van der Waals surface area contributed by atoms with E-state index in [2.05, 4.69) is 29.2 Å². The topological polar surface area (TPSA) is 33.4 Å². The zero-order valence-electron chi connectivity index (χ0n) is 14.9. The Hall–Kier alpha value is -2.73. The number of hydrogen-bond donors (Lipinski definition) is 0. The molecule has 0 saturated carbocycles. The van der Waals surface area contributed by atoms with E-state index in [1.807, 2.05) is 24.7 Å². The standard InChI is InChI=1S/C20H19FN4S/c1-4-16-19(25-11-5-6-13(2)18(25)22-16)24(3)20-23-17(12-26-20)14-7-9-15(21)10-8-14/h5-12H,4H2,1-3H3. The van der Waals surface area contributed by atoms with Crippen LogP contribution in [0.3, 0.4) is 0 Å². The predicted molar refractivity (Wildman–Crippen MR) is 105 cm³/mol. The lowest BCUT2D eigenvalue weighted by molar-refractivity contribution is 0.628. The summed E-state index contributed by atoms with van der Waals surface area (Å²) in [6, 6.07) is 10.5. The molecule has 0 aliphatic carbocycles. The molecule has 0 aliphatic rings. The van der Waals surface area contributed by atoms with E-state index in [0.717, 1.165) is 45.5 Å². The van der Waals surface area contributed by atoms with Gasteiger partial charge in [-0.3, -0.25) is 4.40 Å². The first-order chi connectivity index (χ1) is 12.6. The van der Waals surface area contributed by atoms with Gasteiger partial charge in [-0.15, -0.1) is 11.3 Å². The van der Waals surface area contributed by atoms with Crippen molar-refractivity contribution in [1.82, 2.24) is 14.4 Å². The summed E-state index contributed by atoms with van der Waals surface area (Å²) in [7, 11) is 2.01.